The van der Waals surface area contributed by atoms with Gasteiger partial charge in [-0.25, -0.2) is 8.78 Å². The highest BCUT2D eigenvalue weighted by molar-refractivity contribution is 9.10. The van der Waals surface area contributed by atoms with Crippen LogP contribution in [0.25, 0.3) is 0 Å². The number of likely N-dealkylation sites (N-methyl/N-ethyl adjacent to an activating group) is 1. The standard InChI is InChI=1S/C17H18BrF2N/c1-3-21-17(15-10-14(20)5-4-11(15)2)9-12-8-13(19)6-7-16(12)18/h4-8,10,17,21H,3,9H2,1-2H3. The van der Waals surface area contributed by atoms with Crippen LogP contribution in [-0.4, -0.2) is 6.54 Å². The van der Waals surface area contributed by atoms with Crippen molar-refractivity contribution >= 4 is 15.9 Å². The topological polar surface area (TPSA) is 12.0 Å². The average Bonchev–Trinajstić information content (AvgIpc) is 2.45. The summed E-state index contributed by atoms with van der Waals surface area (Å²) in [5.41, 5.74) is 2.80. The minimum Gasteiger partial charge on any atom is -0.310 e. The zero-order valence-electron chi connectivity index (χ0n) is 12.1. The fourth-order valence-electron chi connectivity index (χ4n) is 2.44. The first kappa shape index (κ1) is 16.1. The fraction of sp³-hybridized carbons (Fsp3) is 0.294. The number of benzene rings is 2. The van der Waals surface area contributed by atoms with E-state index in [0.29, 0.717) is 6.42 Å². The molecule has 4 heteroatoms. The van der Waals surface area contributed by atoms with Gasteiger partial charge in [-0.05, 0) is 66.9 Å². The molecule has 1 nitrogen and oxygen atoms in total. The van der Waals surface area contributed by atoms with Crippen molar-refractivity contribution in [1.29, 1.82) is 0 Å². The molecule has 0 heterocycles. The van der Waals surface area contributed by atoms with Crippen molar-refractivity contribution < 1.29 is 8.78 Å². The molecule has 21 heavy (non-hydrogen) atoms. The van der Waals surface area contributed by atoms with Gasteiger partial charge in [0.05, 0.1) is 0 Å². The molecule has 1 unspecified atom stereocenters. The van der Waals surface area contributed by atoms with Crippen molar-refractivity contribution in [3.63, 3.8) is 0 Å². The van der Waals surface area contributed by atoms with Crippen molar-refractivity contribution in [1.82, 2.24) is 5.32 Å². The van der Waals surface area contributed by atoms with E-state index in [1.807, 2.05) is 13.8 Å². The molecule has 2 rings (SSSR count). The van der Waals surface area contributed by atoms with Crippen molar-refractivity contribution in [2.24, 2.45) is 0 Å². The first-order valence-electron chi connectivity index (χ1n) is 6.94. The summed E-state index contributed by atoms with van der Waals surface area (Å²) in [6.45, 7) is 4.72. The van der Waals surface area contributed by atoms with E-state index in [1.54, 1.807) is 18.2 Å². The molecule has 1 N–H and O–H groups in total. The smallest absolute Gasteiger partial charge is 0.123 e. The molecule has 0 amide bonds. The van der Waals surface area contributed by atoms with Gasteiger partial charge >= 0.3 is 0 Å². The summed E-state index contributed by atoms with van der Waals surface area (Å²) in [7, 11) is 0. The Balaban J connectivity index is 2.35. The Bertz CT molecular complexity index is 628. The number of hydrogen-bond donors (Lipinski definition) is 1. The third kappa shape index (κ3) is 4.11. The van der Waals surface area contributed by atoms with Gasteiger partial charge in [0, 0.05) is 10.5 Å². The lowest BCUT2D eigenvalue weighted by molar-refractivity contribution is 0.536. The molecule has 0 saturated carbocycles. The molecule has 112 valence electrons. The van der Waals surface area contributed by atoms with E-state index in [4.69, 9.17) is 0 Å². The van der Waals surface area contributed by atoms with Crippen LogP contribution >= 0.6 is 15.9 Å². The van der Waals surface area contributed by atoms with E-state index in [2.05, 4.69) is 21.2 Å². The van der Waals surface area contributed by atoms with Crippen LogP contribution in [0.1, 0.15) is 29.7 Å². The van der Waals surface area contributed by atoms with Crippen LogP contribution in [0, 0.1) is 18.6 Å². The van der Waals surface area contributed by atoms with Gasteiger partial charge in [-0.2, -0.15) is 0 Å². The molecule has 0 aliphatic rings. The van der Waals surface area contributed by atoms with E-state index >= 15 is 0 Å². The van der Waals surface area contributed by atoms with E-state index in [1.165, 1.54) is 18.2 Å². The quantitative estimate of drug-likeness (QED) is 0.803. The number of rotatable bonds is 5. The van der Waals surface area contributed by atoms with Gasteiger partial charge < -0.3 is 5.32 Å². The molecule has 0 saturated heterocycles. The molecular formula is C17H18BrF2N. The predicted molar refractivity (Wildman–Crippen MR) is 85.4 cm³/mol. The zero-order valence-corrected chi connectivity index (χ0v) is 13.7. The summed E-state index contributed by atoms with van der Waals surface area (Å²) < 4.78 is 27.8. The number of halogens is 3. The van der Waals surface area contributed by atoms with Crippen LogP contribution in [0.3, 0.4) is 0 Å². The molecular weight excluding hydrogens is 336 g/mol. The Morgan fingerprint density at radius 2 is 1.76 bits per heavy atom. The maximum atomic E-state index is 13.5. The molecule has 2 aromatic carbocycles. The average molecular weight is 354 g/mol. The lowest BCUT2D eigenvalue weighted by atomic mass is 9.95. The Labute approximate surface area is 132 Å². The van der Waals surface area contributed by atoms with Crippen LogP contribution in [0.4, 0.5) is 8.78 Å². The first-order valence-corrected chi connectivity index (χ1v) is 7.74. The van der Waals surface area contributed by atoms with Crippen molar-refractivity contribution in [2.45, 2.75) is 26.3 Å². The Morgan fingerprint density at radius 3 is 2.48 bits per heavy atom. The van der Waals surface area contributed by atoms with Crippen molar-refractivity contribution in [2.75, 3.05) is 6.54 Å². The predicted octanol–water partition coefficient (Wildman–Crippen LogP) is 4.93. The molecule has 0 fully saturated rings. The third-order valence-electron chi connectivity index (χ3n) is 3.50. The molecule has 0 radical (unpaired) electrons. The highest BCUT2D eigenvalue weighted by atomic mass is 79.9. The Morgan fingerprint density at radius 1 is 1.10 bits per heavy atom. The highest BCUT2D eigenvalue weighted by Gasteiger charge is 2.16. The minimum atomic E-state index is -0.264. The molecule has 1 atom stereocenters. The summed E-state index contributed by atoms with van der Waals surface area (Å²) in [6, 6.07) is 9.37. The lowest BCUT2D eigenvalue weighted by Crippen LogP contribution is -2.24. The van der Waals surface area contributed by atoms with Crippen LogP contribution in [-0.2, 0) is 6.42 Å². The van der Waals surface area contributed by atoms with Crippen LogP contribution < -0.4 is 5.32 Å². The summed E-state index contributed by atoms with van der Waals surface area (Å²) >= 11 is 3.45. The normalized spacial score (nSPS) is 12.4. The number of hydrogen-bond acceptors (Lipinski definition) is 1. The molecule has 2 aromatic rings. The second-order valence-corrected chi connectivity index (χ2v) is 5.91. The van der Waals surface area contributed by atoms with Gasteiger partial charge in [0.15, 0.2) is 0 Å². The maximum Gasteiger partial charge on any atom is 0.123 e. The number of nitrogens with one attached hydrogen (secondary N) is 1. The zero-order chi connectivity index (χ0) is 15.4. The van der Waals surface area contributed by atoms with Gasteiger partial charge in [0.2, 0.25) is 0 Å². The first-order chi connectivity index (χ1) is 10.0. The van der Waals surface area contributed by atoms with Crippen molar-refractivity contribution in [3.05, 3.63) is 69.2 Å². The van der Waals surface area contributed by atoms with Gasteiger partial charge in [-0.15, -0.1) is 0 Å². The largest absolute Gasteiger partial charge is 0.310 e. The van der Waals surface area contributed by atoms with Gasteiger partial charge in [-0.3, -0.25) is 0 Å². The Hall–Kier alpha value is -1.26. The van der Waals surface area contributed by atoms with Crippen LogP contribution in [0.5, 0.6) is 0 Å². The molecule has 0 bridgehead atoms. The third-order valence-corrected chi connectivity index (χ3v) is 4.27. The van der Waals surface area contributed by atoms with E-state index < -0.39 is 0 Å². The SMILES string of the molecule is CCNC(Cc1cc(F)ccc1Br)c1cc(F)ccc1C. The van der Waals surface area contributed by atoms with E-state index in [9.17, 15) is 8.78 Å². The number of aryl methyl sites for hydroxylation is 1. The van der Waals surface area contributed by atoms with Gasteiger partial charge in [0.1, 0.15) is 11.6 Å². The van der Waals surface area contributed by atoms with E-state index in [-0.39, 0.29) is 17.7 Å². The molecule has 0 spiro atoms. The van der Waals surface area contributed by atoms with Crippen LogP contribution in [0.2, 0.25) is 0 Å². The summed E-state index contributed by atoms with van der Waals surface area (Å²) in [5, 5.41) is 3.35. The highest BCUT2D eigenvalue weighted by Crippen LogP contribution is 2.27. The Kier molecular flexibility index (Phi) is 5.48. The summed E-state index contributed by atoms with van der Waals surface area (Å²) in [5.74, 6) is -0.517. The lowest BCUT2D eigenvalue weighted by Gasteiger charge is -2.21. The van der Waals surface area contributed by atoms with Gasteiger partial charge in [0.25, 0.3) is 0 Å². The fourth-order valence-corrected chi connectivity index (χ4v) is 2.85. The van der Waals surface area contributed by atoms with Gasteiger partial charge in [-0.1, -0.05) is 28.9 Å². The summed E-state index contributed by atoms with van der Waals surface area (Å²) in [4.78, 5) is 0. The monoisotopic (exact) mass is 353 g/mol. The molecule has 0 aliphatic heterocycles. The molecule has 0 aliphatic carbocycles. The summed E-state index contributed by atoms with van der Waals surface area (Å²) in [6.07, 6.45) is 0.594. The van der Waals surface area contributed by atoms with Crippen LogP contribution in [0.15, 0.2) is 40.9 Å². The maximum absolute atomic E-state index is 13.5. The van der Waals surface area contributed by atoms with E-state index in [0.717, 1.165) is 27.7 Å². The minimum absolute atomic E-state index is 0.0520. The second-order valence-electron chi connectivity index (χ2n) is 5.05. The second kappa shape index (κ2) is 7.14. The van der Waals surface area contributed by atoms with Crippen molar-refractivity contribution in [3.8, 4) is 0 Å². The molecule has 0 aromatic heterocycles.